The number of hydrogen-bond acceptors (Lipinski definition) is 3. The molecule has 0 spiro atoms. The molecule has 1 saturated heterocycles. The zero-order valence-electron chi connectivity index (χ0n) is 9.35. The minimum atomic E-state index is -3.42. The number of hydrogen-bond donors (Lipinski definition) is 2. The summed E-state index contributed by atoms with van der Waals surface area (Å²) in [6.07, 6.45) is 2.07. The van der Waals surface area contributed by atoms with Crippen LogP contribution in [-0.2, 0) is 15.0 Å². The van der Waals surface area contributed by atoms with Gasteiger partial charge in [-0.2, -0.15) is 17.4 Å². The van der Waals surface area contributed by atoms with E-state index < -0.39 is 16.2 Å². The highest BCUT2D eigenvalue weighted by molar-refractivity contribution is 7.87. The average molecular weight is 250 g/mol. The maximum absolute atomic E-state index is 11.8. The van der Waals surface area contributed by atoms with E-state index in [1.54, 1.807) is 6.92 Å². The molecule has 1 rings (SSSR count). The Hall–Kier alpha value is -0.660. The van der Waals surface area contributed by atoms with Gasteiger partial charge in [-0.25, -0.2) is 0 Å². The molecule has 0 aromatic heterocycles. The molecule has 94 valence electrons. The second kappa shape index (κ2) is 5.60. The Labute approximate surface area is 95.8 Å². The Morgan fingerprint density at radius 1 is 1.44 bits per heavy atom. The Kier molecular flexibility index (Phi) is 4.69. The molecule has 6 nitrogen and oxygen atoms in total. The number of aliphatic carboxylic acids is 1. The van der Waals surface area contributed by atoms with Gasteiger partial charge in [-0.3, -0.25) is 4.79 Å². The molecule has 0 radical (unpaired) electrons. The van der Waals surface area contributed by atoms with Gasteiger partial charge in [0.15, 0.2) is 0 Å². The van der Waals surface area contributed by atoms with Crippen LogP contribution in [-0.4, -0.2) is 42.9 Å². The molecule has 1 fully saturated rings. The minimum absolute atomic E-state index is 0.0241. The molecule has 2 N–H and O–H groups in total. The quantitative estimate of drug-likeness (QED) is 0.703. The van der Waals surface area contributed by atoms with Crippen molar-refractivity contribution in [3.8, 4) is 0 Å². The summed E-state index contributed by atoms with van der Waals surface area (Å²) < 4.78 is 27.4. The Balaban J connectivity index is 2.42. The molecule has 0 bridgehead atoms. The number of carboxylic acid groups (broad SMARTS) is 1. The lowest BCUT2D eigenvalue weighted by atomic mass is 10.2. The first-order valence-corrected chi connectivity index (χ1v) is 6.85. The SMILES string of the molecule is CC(CCC(=O)O)NS(=O)(=O)N1CCCC1. The normalized spacial score (nSPS) is 19.8. The van der Waals surface area contributed by atoms with Crippen molar-refractivity contribution >= 4 is 16.2 Å². The Morgan fingerprint density at radius 2 is 2.00 bits per heavy atom. The van der Waals surface area contributed by atoms with Gasteiger partial charge in [0.2, 0.25) is 0 Å². The van der Waals surface area contributed by atoms with Crippen LogP contribution in [0.2, 0.25) is 0 Å². The summed E-state index contributed by atoms with van der Waals surface area (Å²) in [4.78, 5) is 10.3. The van der Waals surface area contributed by atoms with E-state index in [9.17, 15) is 13.2 Å². The van der Waals surface area contributed by atoms with Gasteiger partial charge in [0, 0.05) is 25.6 Å². The molecular formula is C9H18N2O4S. The number of carbonyl (C=O) groups is 1. The maximum Gasteiger partial charge on any atom is 0.303 e. The van der Waals surface area contributed by atoms with Crippen LogP contribution >= 0.6 is 0 Å². The molecule has 1 aliphatic rings. The number of rotatable bonds is 6. The lowest BCUT2D eigenvalue weighted by molar-refractivity contribution is -0.137. The van der Waals surface area contributed by atoms with Gasteiger partial charge in [-0.1, -0.05) is 0 Å². The van der Waals surface area contributed by atoms with E-state index in [0.29, 0.717) is 19.5 Å². The van der Waals surface area contributed by atoms with Crippen molar-refractivity contribution in [2.75, 3.05) is 13.1 Å². The summed E-state index contributed by atoms with van der Waals surface area (Å²) in [5.74, 6) is -0.910. The molecule has 0 aliphatic carbocycles. The van der Waals surface area contributed by atoms with Crippen LogP contribution in [0.15, 0.2) is 0 Å². The van der Waals surface area contributed by atoms with Gasteiger partial charge in [-0.15, -0.1) is 0 Å². The van der Waals surface area contributed by atoms with E-state index in [2.05, 4.69) is 4.72 Å². The van der Waals surface area contributed by atoms with E-state index in [1.807, 2.05) is 0 Å². The number of carboxylic acids is 1. The lowest BCUT2D eigenvalue weighted by Gasteiger charge is -2.19. The van der Waals surface area contributed by atoms with Gasteiger partial charge in [0.05, 0.1) is 0 Å². The smallest absolute Gasteiger partial charge is 0.303 e. The number of nitrogens with one attached hydrogen (secondary N) is 1. The highest BCUT2D eigenvalue weighted by Crippen LogP contribution is 2.12. The van der Waals surface area contributed by atoms with Crippen LogP contribution < -0.4 is 4.72 Å². The standard InChI is InChI=1S/C9H18N2O4S/c1-8(4-5-9(12)13)10-16(14,15)11-6-2-3-7-11/h8,10H,2-7H2,1H3,(H,12,13). The van der Waals surface area contributed by atoms with Crippen molar-refractivity contribution in [1.82, 2.24) is 9.03 Å². The predicted molar refractivity (Wildman–Crippen MR) is 59.2 cm³/mol. The summed E-state index contributed by atoms with van der Waals surface area (Å²) >= 11 is 0. The molecule has 1 unspecified atom stereocenters. The molecule has 16 heavy (non-hydrogen) atoms. The van der Waals surface area contributed by atoms with E-state index in [1.165, 1.54) is 4.31 Å². The molecule has 7 heteroatoms. The molecule has 1 atom stereocenters. The number of nitrogens with zero attached hydrogens (tertiary/aromatic N) is 1. The van der Waals surface area contributed by atoms with Crippen LogP contribution in [0.1, 0.15) is 32.6 Å². The molecule has 0 amide bonds. The van der Waals surface area contributed by atoms with Crippen molar-refractivity contribution in [1.29, 1.82) is 0 Å². The van der Waals surface area contributed by atoms with Crippen LogP contribution in [0.3, 0.4) is 0 Å². The average Bonchev–Trinajstić information content (AvgIpc) is 2.67. The monoisotopic (exact) mass is 250 g/mol. The van der Waals surface area contributed by atoms with Gasteiger partial charge in [0.25, 0.3) is 10.2 Å². The Bertz CT molecular complexity index is 335. The molecule has 0 saturated carbocycles. The third-order valence-corrected chi connectivity index (χ3v) is 4.29. The summed E-state index contributed by atoms with van der Waals surface area (Å²) in [6, 6.07) is -0.346. The van der Waals surface area contributed by atoms with Crippen LogP contribution in [0, 0.1) is 0 Å². The summed E-state index contributed by atoms with van der Waals surface area (Å²) in [5, 5.41) is 8.48. The highest BCUT2D eigenvalue weighted by atomic mass is 32.2. The van der Waals surface area contributed by atoms with E-state index in [0.717, 1.165) is 12.8 Å². The molecule has 1 heterocycles. The summed E-state index contributed by atoms with van der Waals surface area (Å²) in [5.41, 5.74) is 0. The largest absolute Gasteiger partial charge is 0.481 e. The Morgan fingerprint density at radius 3 is 2.50 bits per heavy atom. The van der Waals surface area contributed by atoms with E-state index in [4.69, 9.17) is 5.11 Å². The topological polar surface area (TPSA) is 86.7 Å². The van der Waals surface area contributed by atoms with Gasteiger partial charge < -0.3 is 5.11 Å². The fourth-order valence-electron chi connectivity index (χ4n) is 1.66. The van der Waals surface area contributed by atoms with Crippen LogP contribution in [0.25, 0.3) is 0 Å². The summed E-state index contributed by atoms with van der Waals surface area (Å²) in [7, 11) is -3.42. The maximum atomic E-state index is 11.8. The van der Waals surface area contributed by atoms with Gasteiger partial charge in [0.1, 0.15) is 0 Å². The fourth-order valence-corrected chi connectivity index (χ4v) is 3.17. The van der Waals surface area contributed by atoms with Crippen molar-refractivity contribution in [3.63, 3.8) is 0 Å². The second-order valence-corrected chi connectivity index (χ2v) is 5.76. The summed E-state index contributed by atoms with van der Waals surface area (Å²) in [6.45, 7) is 2.79. The van der Waals surface area contributed by atoms with E-state index in [-0.39, 0.29) is 12.5 Å². The predicted octanol–water partition coefficient (Wildman–Crippen LogP) is 0.170. The molecule has 0 aromatic carbocycles. The van der Waals surface area contributed by atoms with Crippen molar-refractivity contribution in [2.24, 2.45) is 0 Å². The first-order chi connectivity index (χ1) is 7.42. The fraction of sp³-hybridized carbons (Fsp3) is 0.889. The molecule has 0 aromatic rings. The van der Waals surface area contributed by atoms with Crippen molar-refractivity contribution in [3.05, 3.63) is 0 Å². The van der Waals surface area contributed by atoms with E-state index >= 15 is 0 Å². The molecule has 1 aliphatic heterocycles. The zero-order chi connectivity index (χ0) is 12.2. The first kappa shape index (κ1) is 13.4. The van der Waals surface area contributed by atoms with Crippen molar-refractivity contribution in [2.45, 2.75) is 38.6 Å². The first-order valence-electron chi connectivity index (χ1n) is 5.41. The van der Waals surface area contributed by atoms with Crippen LogP contribution in [0.5, 0.6) is 0 Å². The van der Waals surface area contributed by atoms with Crippen LogP contribution in [0.4, 0.5) is 0 Å². The molecular weight excluding hydrogens is 232 g/mol. The van der Waals surface area contributed by atoms with Gasteiger partial charge >= 0.3 is 5.97 Å². The third kappa shape index (κ3) is 4.07. The minimum Gasteiger partial charge on any atom is -0.481 e. The lowest BCUT2D eigenvalue weighted by Crippen LogP contribution is -2.43. The third-order valence-electron chi connectivity index (χ3n) is 2.55. The van der Waals surface area contributed by atoms with Gasteiger partial charge in [-0.05, 0) is 26.2 Å². The second-order valence-electron chi connectivity index (χ2n) is 4.06. The highest BCUT2D eigenvalue weighted by Gasteiger charge is 2.26. The van der Waals surface area contributed by atoms with Crippen molar-refractivity contribution < 1.29 is 18.3 Å². The zero-order valence-corrected chi connectivity index (χ0v) is 10.2.